The van der Waals surface area contributed by atoms with Gasteiger partial charge in [0.1, 0.15) is 10.4 Å². The number of nitrogens with two attached hydrogens (primary N) is 1. The number of carbonyl (C=O) groups is 1. The Labute approximate surface area is 109 Å². The fraction of sp³-hybridized carbons (Fsp3) is 0.500. The monoisotopic (exact) mass is 297 g/mol. The number of hydrogen-bond acceptors (Lipinski definition) is 3. The van der Waals surface area contributed by atoms with E-state index in [1.54, 1.807) is 0 Å². The smallest absolute Gasteiger partial charge is 0.222 e. The molecule has 1 aromatic rings. The summed E-state index contributed by atoms with van der Waals surface area (Å²) in [7, 11) is 0. The summed E-state index contributed by atoms with van der Waals surface area (Å²) in [4.78, 5) is 17.9. The Kier molecular flexibility index (Phi) is 3.66. The van der Waals surface area contributed by atoms with Gasteiger partial charge >= 0.3 is 0 Å². The molecule has 1 fully saturated rings. The van der Waals surface area contributed by atoms with Crippen LogP contribution in [0.25, 0.3) is 0 Å². The van der Waals surface area contributed by atoms with Crippen molar-refractivity contribution in [3.8, 4) is 0 Å². The molecule has 17 heavy (non-hydrogen) atoms. The van der Waals surface area contributed by atoms with Gasteiger partial charge in [-0.2, -0.15) is 0 Å². The minimum atomic E-state index is -0.211. The van der Waals surface area contributed by atoms with Crippen molar-refractivity contribution in [2.45, 2.75) is 25.8 Å². The van der Waals surface area contributed by atoms with Crippen molar-refractivity contribution in [1.29, 1.82) is 0 Å². The summed E-state index contributed by atoms with van der Waals surface area (Å²) in [5, 5.41) is 0. The Morgan fingerprint density at radius 2 is 2.29 bits per heavy atom. The molecule has 2 rings (SSSR count). The molecule has 2 atom stereocenters. The van der Waals surface area contributed by atoms with Gasteiger partial charge in [-0.15, -0.1) is 0 Å². The molecule has 92 valence electrons. The van der Waals surface area contributed by atoms with E-state index in [4.69, 9.17) is 5.73 Å². The molecule has 1 amide bonds. The van der Waals surface area contributed by atoms with E-state index in [1.165, 1.54) is 0 Å². The number of amides is 1. The fourth-order valence-corrected chi connectivity index (χ4v) is 2.55. The second-order valence-corrected chi connectivity index (χ2v) is 5.31. The highest BCUT2D eigenvalue weighted by Crippen LogP contribution is 2.26. The highest BCUT2D eigenvalue weighted by atomic mass is 79.9. The fourth-order valence-electron chi connectivity index (χ4n) is 2.22. The number of hydrogen-bond donors (Lipinski definition) is 1. The number of rotatable bonds is 2. The Balaban J connectivity index is 2.20. The molecule has 0 radical (unpaired) electrons. The van der Waals surface area contributed by atoms with Gasteiger partial charge in [0.05, 0.1) is 5.92 Å². The van der Waals surface area contributed by atoms with Crippen LogP contribution in [-0.2, 0) is 4.79 Å². The molecule has 0 aromatic carbocycles. The van der Waals surface area contributed by atoms with Crippen molar-refractivity contribution in [1.82, 2.24) is 4.98 Å². The Morgan fingerprint density at radius 3 is 2.94 bits per heavy atom. The summed E-state index contributed by atoms with van der Waals surface area (Å²) in [6.45, 7) is 2.82. The van der Waals surface area contributed by atoms with Crippen LogP contribution in [0.4, 0.5) is 5.82 Å². The predicted molar refractivity (Wildman–Crippen MR) is 70.7 cm³/mol. The van der Waals surface area contributed by atoms with Gasteiger partial charge in [0.2, 0.25) is 5.91 Å². The third kappa shape index (κ3) is 2.77. The number of nitrogens with zero attached hydrogens (tertiary/aromatic N) is 2. The summed E-state index contributed by atoms with van der Waals surface area (Å²) >= 11 is 3.36. The topological polar surface area (TPSA) is 59.2 Å². The SMILES string of the molecule is CC1CCC(C(N)=O)CN1c1cccc(Br)n1. The maximum absolute atomic E-state index is 11.3. The van der Waals surface area contributed by atoms with Gasteiger partial charge in [0.25, 0.3) is 0 Å². The number of pyridine rings is 1. The standard InChI is InChI=1S/C12H16BrN3O/c1-8-5-6-9(12(14)17)7-16(8)11-4-2-3-10(13)15-11/h2-4,8-9H,5-7H2,1H3,(H2,14,17). The molecule has 0 aliphatic carbocycles. The third-order valence-electron chi connectivity index (χ3n) is 3.28. The van der Waals surface area contributed by atoms with E-state index in [0.717, 1.165) is 23.3 Å². The maximum atomic E-state index is 11.3. The molecule has 1 aliphatic heterocycles. The van der Waals surface area contributed by atoms with Gasteiger partial charge in [-0.25, -0.2) is 4.98 Å². The first-order chi connectivity index (χ1) is 8.08. The summed E-state index contributed by atoms with van der Waals surface area (Å²) < 4.78 is 0.809. The zero-order chi connectivity index (χ0) is 12.4. The normalized spacial score (nSPS) is 24.7. The number of aromatic nitrogens is 1. The number of carbonyl (C=O) groups excluding carboxylic acids is 1. The van der Waals surface area contributed by atoms with Crippen molar-refractivity contribution in [2.24, 2.45) is 11.7 Å². The Morgan fingerprint density at radius 1 is 1.53 bits per heavy atom. The summed E-state index contributed by atoms with van der Waals surface area (Å²) in [6, 6.07) is 6.20. The zero-order valence-electron chi connectivity index (χ0n) is 9.77. The molecule has 0 bridgehead atoms. The average Bonchev–Trinajstić information content (AvgIpc) is 2.29. The van der Waals surface area contributed by atoms with Gasteiger partial charge in [0, 0.05) is 12.6 Å². The number of anilines is 1. The van der Waals surface area contributed by atoms with Crippen LogP contribution in [0.1, 0.15) is 19.8 Å². The zero-order valence-corrected chi connectivity index (χ0v) is 11.4. The van der Waals surface area contributed by atoms with E-state index in [2.05, 4.69) is 32.7 Å². The van der Waals surface area contributed by atoms with Gasteiger partial charge in [0.15, 0.2) is 0 Å². The summed E-state index contributed by atoms with van der Waals surface area (Å²) in [5.74, 6) is 0.627. The first-order valence-electron chi connectivity index (χ1n) is 5.76. The largest absolute Gasteiger partial charge is 0.369 e. The van der Waals surface area contributed by atoms with Crippen LogP contribution in [0, 0.1) is 5.92 Å². The second-order valence-electron chi connectivity index (χ2n) is 4.50. The van der Waals surface area contributed by atoms with E-state index >= 15 is 0 Å². The lowest BCUT2D eigenvalue weighted by atomic mass is 9.93. The van der Waals surface area contributed by atoms with Crippen LogP contribution in [0.2, 0.25) is 0 Å². The third-order valence-corrected chi connectivity index (χ3v) is 3.72. The van der Waals surface area contributed by atoms with Crippen LogP contribution >= 0.6 is 15.9 Å². The van der Waals surface area contributed by atoms with Crippen LogP contribution in [0.15, 0.2) is 22.8 Å². The molecule has 1 aromatic heterocycles. The number of piperidine rings is 1. The molecule has 1 aliphatic rings. The van der Waals surface area contributed by atoms with Crippen molar-refractivity contribution in [3.05, 3.63) is 22.8 Å². The first-order valence-corrected chi connectivity index (χ1v) is 6.55. The lowest BCUT2D eigenvalue weighted by molar-refractivity contribution is -0.122. The van der Waals surface area contributed by atoms with Crippen LogP contribution < -0.4 is 10.6 Å². The lowest BCUT2D eigenvalue weighted by Gasteiger charge is -2.37. The van der Waals surface area contributed by atoms with E-state index in [9.17, 15) is 4.79 Å². The van der Waals surface area contributed by atoms with Crippen LogP contribution in [-0.4, -0.2) is 23.5 Å². The first kappa shape index (κ1) is 12.4. The van der Waals surface area contributed by atoms with Crippen molar-refractivity contribution >= 4 is 27.7 Å². The summed E-state index contributed by atoms with van der Waals surface area (Å²) in [6.07, 6.45) is 1.85. The second kappa shape index (κ2) is 5.04. The van der Waals surface area contributed by atoms with Gasteiger partial charge < -0.3 is 10.6 Å². The van der Waals surface area contributed by atoms with E-state index < -0.39 is 0 Å². The quantitative estimate of drug-likeness (QED) is 0.849. The molecule has 2 unspecified atom stereocenters. The minimum absolute atomic E-state index is 0.0630. The minimum Gasteiger partial charge on any atom is -0.369 e. The van der Waals surface area contributed by atoms with Gasteiger partial charge in [-0.3, -0.25) is 4.79 Å². The molecule has 0 spiro atoms. The van der Waals surface area contributed by atoms with Crippen molar-refractivity contribution < 1.29 is 4.79 Å². The average molecular weight is 298 g/mol. The van der Waals surface area contributed by atoms with Crippen molar-refractivity contribution in [2.75, 3.05) is 11.4 Å². The van der Waals surface area contributed by atoms with Crippen molar-refractivity contribution in [3.63, 3.8) is 0 Å². The molecule has 0 saturated carbocycles. The highest BCUT2D eigenvalue weighted by Gasteiger charge is 2.29. The maximum Gasteiger partial charge on any atom is 0.222 e. The van der Waals surface area contributed by atoms with E-state index in [0.29, 0.717) is 12.6 Å². The predicted octanol–water partition coefficient (Wildman–Crippen LogP) is 1.93. The molecule has 4 nitrogen and oxygen atoms in total. The molecule has 2 N–H and O–H groups in total. The van der Waals surface area contributed by atoms with Crippen LogP contribution in [0.5, 0.6) is 0 Å². The van der Waals surface area contributed by atoms with Gasteiger partial charge in [-0.1, -0.05) is 6.07 Å². The molecule has 1 saturated heterocycles. The Bertz CT molecular complexity index is 424. The molecule has 5 heteroatoms. The molecular weight excluding hydrogens is 282 g/mol. The Hall–Kier alpha value is -1.10. The molecular formula is C12H16BrN3O. The van der Waals surface area contributed by atoms with Gasteiger partial charge in [-0.05, 0) is 47.8 Å². The number of primary amides is 1. The highest BCUT2D eigenvalue weighted by molar-refractivity contribution is 9.10. The summed E-state index contributed by atoms with van der Waals surface area (Å²) in [5.41, 5.74) is 5.39. The number of halogens is 1. The van der Waals surface area contributed by atoms with E-state index in [-0.39, 0.29) is 11.8 Å². The lowest BCUT2D eigenvalue weighted by Crippen LogP contribution is -2.46. The van der Waals surface area contributed by atoms with E-state index in [1.807, 2.05) is 18.2 Å². The van der Waals surface area contributed by atoms with Crippen LogP contribution in [0.3, 0.4) is 0 Å². The molecule has 2 heterocycles.